The minimum atomic E-state index is -4.75. The summed E-state index contributed by atoms with van der Waals surface area (Å²) >= 11 is 5.93. The number of hydrogen-bond acceptors (Lipinski definition) is 6. The molecular weight excluding hydrogens is 535 g/mol. The van der Waals surface area contributed by atoms with Gasteiger partial charge in [-0.1, -0.05) is 29.8 Å². The topological polar surface area (TPSA) is 105 Å². The maximum atomic E-state index is 13.1. The van der Waals surface area contributed by atoms with Gasteiger partial charge >= 0.3 is 12.1 Å². The first-order valence-corrected chi connectivity index (χ1v) is 12.6. The number of alkyl halides is 3. The third kappa shape index (κ3) is 7.79. The molecule has 0 unspecified atom stereocenters. The molecule has 194 valence electrons. The number of carbonyl (C=O) groups excluding carboxylic acids is 2. The Morgan fingerprint density at radius 3 is 2.30 bits per heavy atom. The standard InChI is InChI=1S/C24H19ClF3N3O5S/c1-37(34,35)31(21-13-18(24(26,27)28)9-12-20(21)25)15-22(32)30-29-14-16-7-10-19(11-8-16)36-23(33)17-5-3-2-4-6-17/h2-14H,15H2,1H3,(H,30,32)/b29-14+. The maximum absolute atomic E-state index is 13.1. The molecule has 1 N–H and O–H groups in total. The molecule has 0 radical (unpaired) electrons. The van der Waals surface area contributed by atoms with Gasteiger partial charge < -0.3 is 4.74 Å². The van der Waals surface area contributed by atoms with Crippen molar-refractivity contribution in [3.05, 3.63) is 94.5 Å². The average Bonchev–Trinajstić information content (AvgIpc) is 2.83. The van der Waals surface area contributed by atoms with Gasteiger partial charge in [0.1, 0.15) is 12.3 Å². The zero-order chi connectivity index (χ0) is 27.2. The van der Waals surface area contributed by atoms with Gasteiger partial charge in [0.05, 0.1) is 34.3 Å². The number of hydrogen-bond donors (Lipinski definition) is 1. The van der Waals surface area contributed by atoms with Crippen molar-refractivity contribution in [2.24, 2.45) is 5.10 Å². The van der Waals surface area contributed by atoms with Crippen LogP contribution in [0.25, 0.3) is 0 Å². The quantitative estimate of drug-likeness (QED) is 0.191. The SMILES string of the molecule is CS(=O)(=O)N(CC(=O)N/N=C/c1ccc(OC(=O)c2ccccc2)cc1)c1cc(C(F)(F)F)ccc1Cl. The number of rotatable bonds is 8. The molecule has 0 aliphatic carbocycles. The smallest absolute Gasteiger partial charge is 0.416 e. The second-order valence-electron chi connectivity index (χ2n) is 7.55. The summed E-state index contributed by atoms with van der Waals surface area (Å²) in [5, 5.41) is 3.43. The number of sulfonamides is 1. The van der Waals surface area contributed by atoms with Crippen LogP contribution in [-0.2, 0) is 21.0 Å². The first-order valence-electron chi connectivity index (χ1n) is 10.4. The highest BCUT2D eigenvalue weighted by Crippen LogP contribution is 2.36. The number of ether oxygens (including phenoxy) is 1. The van der Waals surface area contributed by atoms with Gasteiger partial charge in [-0.05, 0) is 60.2 Å². The summed E-state index contributed by atoms with van der Waals surface area (Å²) in [4.78, 5) is 24.4. The van der Waals surface area contributed by atoms with Crippen molar-refractivity contribution in [3.8, 4) is 5.75 Å². The minimum Gasteiger partial charge on any atom is -0.423 e. The number of benzene rings is 3. The summed E-state index contributed by atoms with van der Waals surface area (Å²) in [6.07, 6.45) is -2.78. The van der Waals surface area contributed by atoms with Crippen LogP contribution in [0.15, 0.2) is 77.9 Å². The molecule has 3 aromatic carbocycles. The summed E-state index contributed by atoms with van der Waals surface area (Å²) in [7, 11) is -4.18. The molecular formula is C24H19ClF3N3O5S. The Kier molecular flexibility index (Phi) is 8.56. The predicted molar refractivity (Wildman–Crippen MR) is 132 cm³/mol. The average molecular weight is 554 g/mol. The lowest BCUT2D eigenvalue weighted by Crippen LogP contribution is -2.39. The van der Waals surface area contributed by atoms with E-state index in [0.29, 0.717) is 27.6 Å². The molecule has 3 aromatic rings. The Morgan fingerprint density at radius 1 is 1.05 bits per heavy atom. The second-order valence-corrected chi connectivity index (χ2v) is 9.87. The third-order valence-electron chi connectivity index (χ3n) is 4.73. The molecule has 0 saturated carbocycles. The first kappa shape index (κ1) is 27.7. The lowest BCUT2D eigenvalue weighted by Gasteiger charge is -2.23. The monoisotopic (exact) mass is 553 g/mol. The highest BCUT2D eigenvalue weighted by atomic mass is 35.5. The van der Waals surface area contributed by atoms with Crippen LogP contribution in [0.5, 0.6) is 5.75 Å². The zero-order valence-corrected chi connectivity index (χ0v) is 20.6. The Bertz CT molecular complexity index is 1410. The van der Waals surface area contributed by atoms with Gasteiger partial charge in [0, 0.05) is 0 Å². The minimum absolute atomic E-state index is 0.275. The van der Waals surface area contributed by atoms with Gasteiger partial charge in [-0.15, -0.1) is 0 Å². The third-order valence-corrected chi connectivity index (χ3v) is 6.18. The van der Waals surface area contributed by atoms with Crippen LogP contribution in [0, 0.1) is 0 Å². The lowest BCUT2D eigenvalue weighted by molar-refractivity contribution is -0.137. The van der Waals surface area contributed by atoms with Gasteiger partial charge in [0.15, 0.2) is 0 Å². The Hall–Kier alpha value is -3.90. The molecule has 0 spiro atoms. The molecule has 8 nitrogen and oxygen atoms in total. The zero-order valence-electron chi connectivity index (χ0n) is 19.1. The molecule has 13 heteroatoms. The van der Waals surface area contributed by atoms with Crippen LogP contribution in [0.1, 0.15) is 21.5 Å². The van der Waals surface area contributed by atoms with Crippen molar-refractivity contribution in [3.63, 3.8) is 0 Å². The van der Waals surface area contributed by atoms with Crippen molar-refractivity contribution in [2.75, 3.05) is 17.1 Å². The lowest BCUT2D eigenvalue weighted by atomic mass is 10.2. The van der Waals surface area contributed by atoms with Crippen molar-refractivity contribution < 1.29 is 35.9 Å². The summed E-state index contributed by atoms with van der Waals surface area (Å²) in [5.74, 6) is -1.19. The highest BCUT2D eigenvalue weighted by molar-refractivity contribution is 7.92. The summed E-state index contributed by atoms with van der Waals surface area (Å²) < 4.78 is 69.4. The van der Waals surface area contributed by atoms with Gasteiger partial charge in [0.25, 0.3) is 5.91 Å². The van der Waals surface area contributed by atoms with Crippen molar-refractivity contribution in [1.29, 1.82) is 0 Å². The molecule has 0 aromatic heterocycles. The molecule has 0 aliphatic rings. The van der Waals surface area contributed by atoms with E-state index in [9.17, 15) is 31.2 Å². The maximum Gasteiger partial charge on any atom is 0.416 e. The second kappa shape index (κ2) is 11.4. The van der Waals surface area contributed by atoms with Crippen molar-refractivity contribution >= 4 is 45.4 Å². The van der Waals surface area contributed by atoms with Crippen LogP contribution in [-0.4, -0.2) is 39.3 Å². The first-order chi connectivity index (χ1) is 17.3. The summed E-state index contributed by atoms with van der Waals surface area (Å²) in [6.45, 7) is -0.869. The molecule has 0 saturated heterocycles. The van der Waals surface area contributed by atoms with E-state index in [1.807, 2.05) is 0 Å². The predicted octanol–water partition coefficient (Wildman–Crippen LogP) is 4.49. The van der Waals surface area contributed by atoms with Gasteiger partial charge in [-0.3, -0.25) is 9.10 Å². The van der Waals surface area contributed by atoms with E-state index in [1.165, 1.54) is 18.3 Å². The van der Waals surface area contributed by atoms with E-state index < -0.39 is 45.9 Å². The Labute approximate surface area is 215 Å². The summed E-state index contributed by atoms with van der Waals surface area (Å²) in [5.41, 5.74) is 1.36. The number of hydrazone groups is 1. The van der Waals surface area contributed by atoms with E-state index in [0.717, 1.165) is 12.3 Å². The van der Waals surface area contributed by atoms with Gasteiger partial charge in [-0.25, -0.2) is 18.6 Å². The number of anilines is 1. The number of esters is 1. The van der Waals surface area contributed by atoms with Crippen molar-refractivity contribution in [1.82, 2.24) is 5.43 Å². The largest absolute Gasteiger partial charge is 0.423 e. The van der Waals surface area contributed by atoms with Gasteiger partial charge in [0.2, 0.25) is 10.0 Å². The fraction of sp³-hybridized carbons (Fsp3) is 0.125. The van der Waals surface area contributed by atoms with E-state index in [4.69, 9.17) is 16.3 Å². The van der Waals surface area contributed by atoms with Crippen LogP contribution in [0.3, 0.4) is 0 Å². The molecule has 0 aliphatic heterocycles. The fourth-order valence-electron chi connectivity index (χ4n) is 2.97. The molecule has 0 atom stereocenters. The molecule has 37 heavy (non-hydrogen) atoms. The van der Waals surface area contributed by atoms with E-state index in [1.54, 1.807) is 42.5 Å². The van der Waals surface area contributed by atoms with Crippen LogP contribution < -0.4 is 14.5 Å². The number of carbonyl (C=O) groups is 2. The van der Waals surface area contributed by atoms with E-state index in [-0.39, 0.29) is 10.8 Å². The fourth-order valence-corrected chi connectivity index (χ4v) is 4.10. The normalized spacial score (nSPS) is 11.8. The van der Waals surface area contributed by atoms with Crippen LogP contribution >= 0.6 is 11.6 Å². The van der Waals surface area contributed by atoms with Crippen molar-refractivity contribution in [2.45, 2.75) is 6.18 Å². The van der Waals surface area contributed by atoms with Crippen LogP contribution in [0.4, 0.5) is 18.9 Å². The number of amides is 1. The number of nitrogens with one attached hydrogen (secondary N) is 1. The van der Waals surface area contributed by atoms with E-state index in [2.05, 4.69) is 10.5 Å². The number of nitrogens with zero attached hydrogens (tertiary/aromatic N) is 2. The Balaban J connectivity index is 1.65. The van der Waals surface area contributed by atoms with Crippen LogP contribution in [0.2, 0.25) is 5.02 Å². The highest BCUT2D eigenvalue weighted by Gasteiger charge is 2.33. The van der Waals surface area contributed by atoms with E-state index >= 15 is 0 Å². The Morgan fingerprint density at radius 2 is 1.70 bits per heavy atom. The number of halogens is 4. The summed E-state index contributed by atoms with van der Waals surface area (Å²) in [6, 6.07) is 16.6. The molecule has 0 fully saturated rings. The molecule has 1 amide bonds. The molecule has 0 heterocycles. The molecule has 0 bridgehead atoms. The molecule has 3 rings (SSSR count). The van der Waals surface area contributed by atoms with Gasteiger partial charge in [-0.2, -0.15) is 18.3 Å².